The Bertz CT molecular complexity index is 463. The molecule has 0 saturated carbocycles. The van der Waals surface area contributed by atoms with Crippen LogP contribution in [0.4, 0.5) is 0 Å². The fourth-order valence-electron chi connectivity index (χ4n) is 2.78. The number of carbonyl (C=O) groups excluding carboxylic acids is 1. The zero-order chi connectivity index (χ0) is 15.8. The lowest BCUT2D eigenvalue weighted by Gasteiger charge is -2.32. The third-order valence-corrected chi connectivity index (χ3v) is 5.62. The van der Waals surface area contributed by atoms with E-state index in [4.69, 9.17) is 4.74 Å². The van der Waals surface area contributed by atoms with Gasteiger partial charge in [0.05, 0.1) is 6.61 Å². The molecule has 1 aliphatic rings. The molecule has 0 bridgehead atoms. The van der Waals surface area contributed by atoms with Gasteiger partial charge in [-0.25, -0.2) is 4.79 Å². The highest BCUT2D eigenvalue weighted by molar-refractivity contribution is 7.99. The number of aliphatic hydroxyl groups is 1. The fourth-order valence-corrected chi connectivity index (χ4v) is 3.98. The molecule has 4 heteroatoms. The molecule has 1 saturated heterocycles. The number of carbonyl (C=O) groups is 1. The van der Waals surface area contributed by atoms with E-state index in [1.807, 2.05) is 25.1 Å². The summed E-state index contributed by atoms with van der Waals surface area (Å²) in [5.41, 5.74) is -0.949. The number of hydrogen-bond acceptors (Lipinski definition) is 4. The Labute approximate surface area is 137 Å². The van der Waals surface area contributed by atoms with Crippen molar-refractivity contribution in [1.29, 1.82) is 0 Å². The molecule has 1 aromatic carbocycles. The first-order valence-corrected chi connectivity index (χ1v) is 9.27. The summed E-state index contributed by atoms with van der Waals surface area (Å²) in [5, 5.41) is 10.9. The van der Waals surface area contributed by atoms with E-state index in [0.29, 0.717) is 12.2 Å². The van der Waals surface area contributed by atoms with Crippen LogP contribution in [0.3, 0.4) is 0 Å². The average molecular weight is 322 g/mol. The topological polar surface area (TPSA) is 46.5 Å². The molecule has 0 radical (unpaired) electrons. The summed E-state index contributed by atoms with van der Waals surface area (Å²) in [6.45, 7) is 2.31. The van der Waals surface area contributed by atoms with Crippen molar-refractivity contribution in [2.75, 3.05) is 12.4 Å². The Morgan fingerprint density at radius 3 is 2.45 bits per heavy atom. The van der Waals surface area contributed by atoms with Crippen molar-refractivity contribution >= 4 is 17.7 Å². The molecular weight excluding hydrogens is 296 g/mol. The molecule has 2 rings (SSSR count). The second-order valence-electron chi connectivity index (χ2n) is 5.90. The maximum atomic E-state index is 12.6. The second kappa shape index (κ2) is 8.59. The summed E-state index contributed by atoms with van der Waals surface area (Å²) < 4.78 is 5.39. The second-order valence-corrected chi connectivity index (χ2v) is 7.35. The first kappa shape index (κ1) is 17.4. The summed E-state index contributed by atoms with van der Waals surface area (Å²) in [7, 11) is 0. The Balaban J connectivity index is 2.21. The van der Waals surface area contributed by atoms with Crippen LogP contribution in [0.25, 0.3) is 0 Å². The Hall–Kier alpha value is -1.00. The number of esters is 1. The van der Waals surface area contributed by atoms with Crippen molar-refractivity contribution in [1.82, 2.24) is 0 Å². The van der Waals surface area contributed by atoms with E-state index >= 15 is 0 Å². The van der Waals surface area contributed by atoms with Gasteiger partial charge in [0.2, 0.25) is 0 Å². The van der Waals surface area contributed by atoms with Crippen LogP contribution in [0, 0.1) is 0 Å². The molecule has 1 aromatic rings. The number of benzene rings is 1. The lowest BCUT2D eigenvalue weighted by atomic mass is 9.91. The van der Waals surface area contributed by atoms with Gasteiger partial charge in [0, 0.05) is 5.25 Å². The number of cyclic esters (lactones) is 1. The first-order valence-electron chi connectivity index (χ1n) is 8.22. The van der Waals surface area contributed by atoms with Crippen molar-refractivity contribution in [2.24, 2.45) is 0 Å². The Morgan fingerprint density at radius 1 is 1.09 bits per heavy atom. The molecule has 122 valence electrons. The van der Waals surface area contributed by atoms with E-state index < -0.39 is 11.6 Å². The molecule has 3 nitrogen and oxygen atoms in total. The van der Waals surface area contributed by atoms with Crippen LogP contribution in [0.15, 0.2) is 30.3 Å². The van der Waals surface area contributed by atoms with Gasteiger partial charge in [0.1, 0.15) is 0 Å². The molecule has 0 amide bonds. The Morgan fingerprint density at radius 2 is 1.73 bits per heavy atom. The maximum absolute atomic E-state index is 12.6. The van der Waals surface area contributed by atoms with Crippen LogP contribution in [0.1, 0.15) is 51.0 Å². The highest BCUT2D eigenvalue weighted by Gasteiger charge is 2.45. The lowest BCUT2D eigenvalue weighted by molar-refractivity contribution is -0.166. The Kier molecular flexibility index (Phi) is 6.77. The molecule has 2 atom stereocenters. The van der Waals surface area contributed by atoms with Crippen LogP contribution in [-0.4, -0.2) is 28.7 Å². The minimum absolute atomic E-state index is 0.233. The van der Waals surface area contributed by atoms with E-state index in [1.54, 1.807) is 23.9 Å². The number of rotatable bonds is 1. The standard InChI is InChI=1S/C18H26O3S/c1-15-18(20,16-11-7-6-8-12-16)17(19)21-13-9-4-2-3-5-10-14-22-15/h6-8,11-12,15,20H,2-5,9-10,13-14H2,1H3. The lowest BCUT2D eigenvalue weighted by Crippen LogP contribution is -2.45. The molecule has 1 N–H and O–H groups in total. The largest absolute Gasteiger partial charge is 0.463 e. The van der Waals surface area contributed by atoms with Crippen LogP contribution >= 0.6 is 11.8 Å². The summed E-state index contributed by atoms with van der Waals surface area (Å²) >= 11 is 1.65. The minimum Gasteiger partial charge on any atom is -0.463 e. The zero-order valence-electron chi connectivity index (χ0n) is 13.3. The predicted molar refractivity (Wildman–Crippen MR) is 90.9 cm³/mol. The van der Waals surface area contributed by atoms with Crippen LogP contribution in [0.5, 0.6) is 0 Å². The molecule has 1 aliphatic heterocycles. The normalized spacial score (nSPS) is 28.8. The smallest absolute Gasteiger partial charge is 0.344 e. The SMILES string of the molecule is CC1SCCCCCCCCOC(=O)C1(O)c1ccccc1. The number of thioether (sulfide) groups is 1. The van der Waals surface area contributed by atoms with E-state index in [2.05, 4.69) is 0 Å². The van der Waals surface area contributed by atoms with Gasteiger partial charge in [0.25, 0.3) is 0 Å². The highest BCUT2D eigenvalue weighted by Crippen LogP contribution is 2.35. The van der Waals surface area contributed by atoms with Gasteiger partial charge in [-0.15, -0.1) is 0 Å². The molecule has 2 unspecified atom stereocenters. The third kappa shape index (κ3) is 4.26. The van der Waals surface area contributed by atoms with E-state index in [0.717, 1.165) is 25.0 Å². The molecule has 0 aromatic heterocycles. The molecule has 1 heterocycles. The monoisotopic (exact) mass is 322 g/mol. The highest BCUT2D eigenvalue weighted by atomic mass is 32.2. The van der Waals surface area contributed by atoms with Crippen LogP contribution < -0.4 is 0 Å². The van der Waals surface area contributed by atoms with Crippen molar-refractivity contribution in [2.45, 2.75) is 56.3 Å². The van der Waals surface area contributed by atoms with E-state index in [1.165, 1.54) is 19.3 Å². The minimum atomic E-state index is -1.57. The quantitative estimate of drug-likeness (QED) is 0.797. The molecule has 0 spiro atoms. The van der Waals surface area contributed by atoms with Crippen molar-refractivity contribution in [3.63, 3.8) is 0 Å². The number of hydrogen-bond donors (Lipinski definition) is 1. The summed E-state index contributed by atoms with van der Waals surface area (Å²) in [6, 6.07) is 9.18. The summed E-state index contributed by atoms with van der Waals surface area (Å²) in [4.78, 5) is 12.6. The van der Waals surface area contributed by atoms with E-state index in [-0.39, 0.29) is 5.25 Å². The van der Waals surface area contributed by atoms with Crippen molar-refractivity contribution in [3.05, 3.63) is 35.9 Å². The van der Waals surface area contributed by atoms with Gasteiger partial charge >= 0.3 is 5.97 Å². The third-order valence-electron chi connectivity index (χ3n) is 4.25. The van der Waals surface area contributed by atoms with Gasteiger partial charge in [-0.05, 0) is 31.1 Å². The van der Waals surface area contributed by atoms with Crippen LogP contribution in [-0.2, 0) is 15.1 Å². The molecule has 0 aliphatic carbocycles. The van der Waals surface area contributed by atoms with Gasteiger partial charge in [-0.3, -0.25) is 0 Å². The summed E-state index contributed by atoms with van der Waals surface area (Å²) in [6.07, 6.45) is 6.75. The zero-order valence-corrected chi connectivity index (χ0v) is 14.1. The summed E-state index contributed by atoms with van der Waals surface area (Å²) in [5.74, 6) is 0.446. The van der Waals surface area contributed by atoms with E-state index in [9.17, 15) is 9.90 Å². The van der Waals surface area contributed by atoms with Gasteiger partial charge < -0.3 is 9.84 Å². The fraction of sp³-hybridized carbons (Fsp3) is 0.611. The first-order chi connectivity index (χ1) is 10.7. The van der Waals surface area contributed by atoms with Crippen molar-refractivity contribution < 1.29 is 14.6 Å². The predicted octanol–water partition coefficient (Wildman–Crippen LogP) is 3.89. The molecule has 22 heavy (non-hydrogen) atoms. The maximum Gasteiger partial charge on any atom is 0.344 e. The average Bonchev–Trinajstić information content (AvgIpc) is 2.56. The van der Waals surface area contributed by atoms with Crippen molar-refractivity contribution in [3.8, 4) is 0 Å². The van der Waals surface area contributed by atoms with Crippen LogP contribution in [0.2, 0.25) is 0 Å². The number of ether oxygens (including phenoxy) is 1. The molecule has 1 fully saturated rings. The van der Waals surface area contributed by atoms with Gasteiger partial charge in [-0.2, -0.15) is 11.8 Å². The van der Waals surface area contributed by atoms with Gasteiger partial charge in [0.15, 0.2) is 5.60 Å². The molecular formula is C18H26O3S. The van der Waals surface area contributed by atoms with Gasteiger partial charge in [-0.1, -0.05) is 56.0 Å².